The van der Waals surface area contributed by atoms with Gasteiger partial charge in [0.25, 0.3) is 10.1 Å². The van der Waals surface area contributed by atoms with Gasteiger partial charge in [0.1, 0.15) is 35.2 Å². The number of carbonyl (C=O) groups excluding carboxylic acids is 2. The molecule has 1 N–H and O–H groups in total. The molecule has 18 heteroatoms. The first-order valence-corrected chi connectivity index (χ1v) is 24.1. The molecule has 0 saturated carbocycles. The molecule has 17 nitrogen and oxygen atoms in total. The fraction of sp³-hybridized carbons (Fsp3) is 0.283. The van der Waals surface area contributed by atoms with Crippen molar-refractivity contribution in [1.29, 1.82) is 0 Å². The number of hydrogen-bond acceptors (Lipinski definition) is 14. The van der Waals surface area contributed by atoms with Gasteiger partial charge in [-0.2, -0.15) is 8.42 Å². The second-order valence-corrected chi connectivity index (χ2v) is 18.2. The molecule has 0 saturated heterocycles. The lowest BCUT2D eigenvalue weighted by Gasteiger charge is -2.16. The van der Waals surface area contributed by atoms with Gasteiger partial charge in [-0.05, 0) is 119 Å². The van der Waals surface area contributed by atoms with Crippen LogP contribution in [0.15, 0.2) is 125 Å². The molecule has 3 aromatic carbocycles. The lowest BCUT2D eigenvalue weighted by Crippen LogP contribution is -2.10. The molecule has 0 spiro atoms. The van der Waals surface area contributed by atoms with Crippen LogP contribution < -0.4 is 9.47 Å². The predicted molar refractivity (Wildman–Crippen MR) is 268 cm³/mol. The van der Waals surface area contributed by atoms with Crippen molar-refractivity contribution in [3.8, 4) is 22.9 Å². The number of benzene rings is 3. The van der Waals surface area contributed by atoms with Crippen molar-refractivity contribution in [2.75, 3.05) is 28.4 Å². The summed E-state index contributed by atoms with van der Waals surface area (Å²) in [4.78, 5) is 52.1. The van der Waals surface area contributed by atoms with Gasteiger partial charge in [-0.1, -0.05) is 29.8 Å². The molecule has 0 radical (unpaired) electrons. The molecular formula is C53H56N8O9S. The maximum absolute atomic E-state index is 11.8. The maximum atomic E-state index is 11.8. The summed E-state index contributed by atoms with van der Waals surface area (Å²) in [6, 6.07) is 25.1. The van der Waals surface area contributed by atoms with Crippen LogP contribution in [0.3, 0.4) is 0 Å². The first kappa shape index (κ1) is 51.0. The average Bonchev–Trinajstić information content (AvgIpc) is 3.88. The summed E-state index contributed by atoms with van der Waals surface area (Å²) in [5.74, 6) is 2.63. The number of aliphatic imine (C=N–C) groups is 2. The molecule has 0 unspecified atom stereocenters. The Hall–Kier alpha value is -7.83. The highest BCUT2D eigenvalue weighted by Gasteiger charge is 2.31. The van der Waals surface area contributed by atoms with E-state index in [1.54, 1.807) is 38.7 Å². The number of methoxy groups -OCH3 is 4. The van der Waals surface area contributed by atoms with Gasteiger partial charge in [0.2, 0.25) is 0 Å². The molecule has 4 aromatic heterocycles. The Morgan fingerprint density at radius 2 is 1.01 bits per heavy atom. The van der Waals surface area contributed by atoms with Gasteiger partial charge in [0.15, 0.2) is 0 Å². The van der Waals surface area contributed by atoms with Crippen molar-refractivity contribution >= 4 is 33.5 Å². The highest BCUT2D eigenvalue weighted by atomic mass is 32.2. The number of fused-ring (bicyclic) bond motifs is 6. The molecule has 6 heterocycles. The number of hydrogen-bond donors (Lipinski definition) is 1. The molecule has 7 aromatic rings. The second-order valence-electron chi connectivity index (χ2n) is 16.8. The number of pyridine rings is 2. The normalized spacial score (nSPS) is 14.4. The van der Waals surface area contributed by atoms with E-state index in [2.05, 4.69) is 41.2 Å². The minimum atomic E-state index is -4.02. The molecule has 2 aliphatic heterocycles. The van der Waals surface area contributed by atoms with E-state index in [1.165, 1.54) is 26.4 Å². The third kappa shape index (κ3) is 11.5. The average molecular weight is 981 g/mol. The van der Waals surface area contributed by atoms with Crippen LogP contribution in [0.25, 0.3) is 11.4 Å². The summed E-state index contributed by atoms with van der Waals surface area (Å²) in [6.45, 7) is 9.91. The molecule has 0 amide bonds. The first-order chi connectivity index (χ1) is 34.1. The first-order valence-electron chi connectivity index (χ1n) is 22.7. The van der Waals surface area contributed by atoms with Gasteiger partial charge in [-0.3, -0.25) is 43.2 Å². The zero-order valence-electron chi connectivity index (χ0n) is 41.1. The van der Waals surface area contributed by atoms with Gasteiger partial charge >= 0.3 is 11.9 Å². The number of rotatable bonds is 11. The van der Waals surface area contributed by atoms with Gasteiger partial charge < -0.3 is 18.9 Å². The zero-order valence-corrected chi connectivity index (χ0v) is 41.9. The van der Waals surface area contributed by atoms with Crippen molar-refractivity contribution < 1.29 is 41.5 Å². The third-order valence-corrected chi connectivity index (χ3v) is 12.8. The van der Waals surface area contributed by atoms with E-state index in [0.717, 1.165) is 96.5 Å². The molecule has 2 atom stereocenters. The van der Waals surface area contributed by atoms with Crippen molar-refractivity contribution in [3.63, 3.8) is 0 Å². The van der Waals surface area contributed by atoms with Crippen LogP contribution in [0.4, 0.5) is 0 Å². The van der Waals surface area contributed by atoms with Gasteiger partial charge in [-0.15, -0.1) is 0 Å². The number of carbonyl (C=O) groups is 2. The Morgan fingerprint density at radius 3 is 1.37 bits per heavy atom. The predicted octanol–water partition coefficient (Wildman–Crippen LogP) is 8.72. The van der Waals surface area contributed by atoms with Gasteiger partial charge in [-0.25, -0.2) is 9.97 Å². The largest absolute Gasteiger partial charge is 0.496 e. The monoisotopic (exact) mass is 980 g/mol. The van der Waals surface area contributed by atoms with Crippen LogP contribution in [0.2, 0.25) is 0 Å². The number of nitrogens with zero attached hydrogens (tertiary/aromatic N) is 8. The van der Waals surface area contributed by atoms with E-state index in [0.29, 0.717) is 12.8 Å². The molecule has 2 aliphatic rings. The molecule has 368 valence electrons. The van der Waals surface area contributed by atoms with Crippen LogP contribution in [0, 0.1) is 34.6 Å². The van der Waals surface area contributed by atoms with Crippen molar-refractivity contribution in [2.45, 2.75) is 77.3 Å². The molecule has 0 bridgehead atoms. The van der Waals surface area contributed by atoms with Crippen LogP contribution in [-0.4, -0.2) is 93.8 Å². The zero-order chi connectivity index (χ0) is 51.0. The van der Waals surface area contributed by atoms with E-state index in [9.17, 15) is 18.0 Å². The lowest BCUT2D eigenvalue weighted by atomic mass is 10.0. The lowest BCUT2D eigenvalue weighted by molar-refractivity contribution is -0.141. The van der Waals surface area contributed by atoms with Crippen molar-refractivity contribution in [1.82, 2.24) is 29.1 Å². The van der Waals surface area contributed by atoms with Crippen LogP contribution >= 0.6 is 0 Å². The van der Waals surface area contributed by atoms with E-state index in [-0.39, 0.29) is 41.8 Å². The van der Waals surface area contributed by atoms with E-state index < -0.39 is 10.1 Å². The minimum absolute atomic E-state index is 0.0666. The quantitative estimate of drug-likeness (QED) is 0.0950. The Morgan fingerprint density at radius 1 is 0.592 bits per heavy atom. The Kier molecular flexibility index (Phi) is 16.0. The SMILES string of the molecule is COC(=O)CC[C@@H]1N=C(c2ccccn2)c2cc(OC)c(C)cc2-n2c(C)cnc21.COC(=O)CC[C@@H]1N=C(c2ccccn2)c2cc(OC)c(C)cc2-n2c(C)cnc21.Cc1ccc(S(=O)(=O)O)cc1. The number of aryl methyl sites for hydroxylation is 5. The molecule has 0 fully saturated rings. The highest BCUT2D eigenvalue weighted by molar-refractivity contribution is 7.85. The summed E-state index contributed by atoms with van der Waals surface area (Å²) in [6.07, 6.45) is 8.67. The van der Waals surface area contributed by atoms with Crippen molar-refractivity contribution in [2.24, 2.45) is 9.98 Å². The van der Waals surface area contributed by atoms with E-state index >= 15 is 0 Å². The van der Waals surface area contributed by atoms with Crippen molar-refractivity contribution in [3.05, 3.63) is 172 Å². The Labute approximate surface area is 413 Å². The topological polar surface area (TPSA) is 212 Å². The smallest absolute Gasteiger partial charge is 0.305 e. The molecular weight excluding hydrogens is 925 g/mol. The summed E-state index contributed by atoms with van der Waals surface area (Å²) >= 11 is 0. The Bertz CT molecular complexity index is 3040. The number of ether oxygens (including phenoxy) is 4. The summed E-state index contributed by atoms with van der Waals surface area (Å²) in [5.41, 5.74) is 11.8. The number of imidazole rings is 2. The molecule has 0 aliphatic carbocycles. The maximum Gasteiger partial charge on any atom is 0.305 e. The standard InChI is InChI=1S/2C23H24N4O3.C7H8O3S/c2*1-14-11-19-16(12-20(14)29-3)22(17-7-5-6-10-24-17)26-18(8-9-21(28)30-4)23-25-13-15(2)27(19)23;1-6-2-4-7(5-3-6)11(8,9)10/h2*5-7,10-13,18H,8-9H2,1-4H3;2-5H,1H3,(H,8,9,10)/t2*18-;/m00./s1. The highest BCUT2D eigenvalue weighted by Crippen LogP contribution is 2.38. The number of aromatic nitrogens is 6. The fourth-order valence-corrected chi connectivity index (χ4v) is 8.81. The third-order valence-electron chi connectivity index (χ3n) is 11.9. The van der Waals surface area contributed by atoms with Gasteiger partial charge in [0.05, 0.1) is 67.5 Å². The molecule has 9 rings (SSSR count). The van der Waals surface area contributed by atoms with E-state index in [4.69, 9.17) is 33.5 Å². The summed E-state index contributed by atoms with van der Waals surface area (Å²) < 4.78 is 54.7. The second kappa shape index (κ2) is 22.3. The van der Waals surface area contributed by atoms with Crippen LogP contribution in [-0.2, 0) is 29.2 Å². The van der Waals surface area contributed by atoms with Crippen LogP contribution in [0.5, 0.6) is 11.5 Å². The summed E-state index contributed by atoms with van der Waals surface area (Å²) in [7, 11) is 2.10. The summed E-state index contributed by atoms with van der Waals surface area (Å²) in [5, 5.41) is 0. The van der Waals surface area contributed by atoms with E-state index in [1.807, 2.05) is 95.5 Å². The molecule has 71 heavy (non-hydrogen) atoms. The number of esters is 2. The minimum Gasteiger partial charge on any atom is -0.496 e. The Balaban J connectivity index is 0.000000173. The van der Waals surface area contributed by atoms with Gasteiger partial charge in [0, 0.05) is 60.1 Å². The van der Waals surface area contributed by atoms with Crippen LogP contribution in [0.1, 0.15) is 100 Å². The fourth-order valence-electron chi connectivity index (χ4n) is 8.33.